The molecule has 0 radical (unpaired) electrons. The lowest BCUT2D eigenvalue weighted by Gasteiger charge is -2.33. The van der Waals surface area contributed by atoms with E-state index in [-0.39, 0.29) is 19.1 Å². The first kappa shape index (κ1) is 16.8. The van der Waals surface area contributed by atoms with Crippen LogP contribution >= 0.6 is 0 Å². The van der Waals surface area contributed by atoms with E-state index in [1.807, 2.05) is 0 Å². The predicted octanol–water partition coefficient (Wildman–Crippen LogP) is 1.31. The average molecular weight is 317 g/mol. The van der Waals surface area contributed by atoms with Crippen molar-refractivity contribution in [1.29, 1.82) is 0 Å². The third-order valence-corrected chi connectivity index (χ3v) is 3.93. The van der Waals surface area contributed by atoms with Gasteiger partial charge in [0.15, 0.2) is 0 Å². The highest BCUT2D eigenvalue weighted by atomic mass is 16.5. The van der Waals surface area contributed by atoms with E-state index in [1.165, 1.54) is 0 Å². The molecular weight excluding hydrogens is 298 g/mol. The molecule has 1 heterocycles. The lowest BCUT2D eigenvalue weighted by atomic mass is 9.80. The molecule has 1 aromatic carbocycles. The van der Waals surface area contributed by atoms with E-state index >= 15 is 0 Å². The molecule has 0 aromatic heterocycles. The minimum absolute atomic E-state index is 0.0832. The molecule has 1 aliphatic rings. The molecule has 2 N–H and O–H groups in total. The normalized spacial score (nSPS) is 16.1. The summed E-state index contributed by atoms with van der Waals surface area (Å²) in [7, 11) is 0. The van der Waals surface area contributed by atoms with Crippen LogP contribution in [0.4, 0.5) is 0 Å². The molecule has 0 unspecified atom stereocenters. The SMILES string of the molecule is C#CCOc1ccc(C(=O)NCC2(C(=O)O)CCOCC2)cc1. The Balaban J connectivity index is 1.95. The van der Waals surface area contributed by atoms with Gasteiger partial charge in [-0.2, -0.15) is 0 Å². The van der Waals surface area contributed by atoms with Crippen molar-refractivity contribution in [3.63, 3.8) is 0 Å². The van der Waals surface area contributed by atoms with Crippen LogP contribution in [0, 0.1) is 17.8 Å². The number of aliphatic carboxylic acids is 1. The summed E-state index contributed by atoms with van der Waals surface area (Å²) in [6, 6.07) is 6.51. The fraction of sp³-hybridized carbons (Fsp3) is 0.412. The van der Waals surface area contributed by atoms with E-state index in [0.29, 0.717) is 37.4 Å². The van der Waals surface area contributed by atoms with Gasteiger partial charge in [0, 0.05) is 25.3 Å². The summed E-state index contributed by atoms with van der Waals surface area (Å²) in [5.74, 6) is 1.71. The topological polar surface area (TPSA) is 84.9 Å². The van der Waals surface area contributed by atoms with Gasteiger partial charge in [-0.1, -0.05) is 5.92 Å². The molecule has 23 heavy (non-hydrogen) atoms. The first-order valence-corrected chi connectivity index (χ1v) is 7.33. The Morgan fingerprint density at radius 2 is 1.96 bits per heavy atom. The molecule has 1 saturated heterocycles. The summed E-state index contributed by atoms with van der Waals surface area (Å²) in [6.07, 6.45) is 5.89. The summed E-state index contributed by atoms with van der Waals surface area (Å²) in [6.45, 7) is 1.03. The Labute approximate surface area is 134 Å². The molecule has 0 saturated carbocycles. The monoisotopic (exact) mass is 317 g/mol. The van der Waals surface area contributed by atoms with Crippen LogP contribution < -0.4 is 10.1 Å². The maximum absolute atomic E-state index is 12.2. The molecule has 0 aliphatic carbocycles. The summed E-state index contributed by atoms with van der Waals surface area (Å²) in [4.78, 5) is 23.7. The third kappa shape index (κ3) is 4.24. The van der Waals surface area contributed by atoms with Gasteiger partial charge in [-0.15, -0.1) is 6.42 Å². The van der Waals surface area contributed by atoms with E-state index in [9.17, 15) is 14.7 Å². The van der Waals surface area contributed by atoms with Gasteiger partial charge in [-0.3, -0.25) is 9.59 Å². The Hall–Kier alpha value is -2.52. The van der Waals surface area contributed by atoms with Gasteiger partial charge in [0.1, 0.15) is 12.4 Å². The molecule has 0 spiro atoms. The van der Waals surface area contributed by atoms with E-state index in [0.717, 1.165) is 0 Å². The number of hydrogen-bond donors (Lipinski definition) is 2. The molecule has 6 nitrogen and oxygen atoms in total. The Kier molecular flexibility index (Phi) is 5.61. The van der Waals surface area contributed by atoms with Crippen molar-refractivity contribution < 1.29 is 24.2 Å². The lowest BCUT2D eigenvalue weighted by Crippen LogP contribution is -2.46. The second-order valence-corrected chi connectivity index (χ2v) is 5.40. The molecule has 0 atom stereocenters. The predicted molar refractivity (Wildman–Crippen MR) is 83.2 cm³/mol. The summed E-state index contributed by atoms with van der Waals surface area (Å²) in [5, 5.41) is 12.2. The quantitative estimate of drug-likeness (QED) is 0.773. The van der Waals surface area contributed by atoms with Gasteiger partial charge < -0.3 is 19.9 Å². The number of hydrogen-bond acceptors (Lipinski definition) is 4. The van der Waals surface area contributed by atoms with Crippen molar-refractivity contribution in [2.24, 2.45) is 5.41 Å². The van der Waals surface area contributed by atoms with Gasteiger partial charge in [-0.25, -0.2) is 0 Å². The minimum Gasteiger partial charge on any atom is -0.481 e. The highest BCUT2D eigenvalue weighted by Gasteiger charge is 2.40. The maximum Gasteiger partial charge on any atom is 0.311 e. The van der Waals surface area contributed by atoms with Crippen molar-refractivity contribution in [1.82, 2.24) is 5.32 Å². The Morgan fingerprint density at radius 1 is 1.30 bits per heavy atom. The highest BCUT2D eigenvalue weighted by molar-refractivity contribution is 5.94. The van der Waals surface area contributed by atoms with E-state index in [2.05, 4.69) is 11.2 Å². The smallest absolute Gasteiger partial charge is 0.311 e. The van der Waals surface area contributed by atoms with Crippen LogP contribution in [0.2, 0.25) is 0 Å². The van der Waals surface area contributed by atoms with Crippen LogP contribution in [0.1, 0.15) is 23.2 Å². The third-order valence-electron chi connectivity index (χ3n) is 3.93. The van der Waals surface area contributed by atoms with Crippen molar-refractivity contribution in [3.8, 4) is 18.1 Å². The number of carboxylic acids is 1. The second kappa shape index (κ2) is 7.65. The van der Waals surface area contributed by atoms with Crippen LogP contribution in [0.15, 0.2) is 24.3 Å². The molecule has 1 aliphatic heterocycles. The molecule has 6 heteroatoms. The van der Waals surface area contributed by atoms with Gasteiger partial charge in [0.05, 0.1) is 5.41 Å². The van der Waals surface area contributed by atoms with E-state index < -0.39 is 11.4 Å². The average Bonchev–Trinajstić information content (AvgIpc) is 2.59. The van der Waals surface area contributed by atoms with Gasteiger partial charge in [-0.05, 0) is 37.1 Å². The molecule has 0 bridgehead atoms. The first-order valence-electron chi connectivity index (χ1n) is 7.33. The fourth-order valence-electron chi connectivity index (χ4n) is 2.41. The van der Waals surface area contributed by atoms with Gasteiger partial charge in [0.2, 0.25) is 0 Å². The second-order valence-electron chi connectivity index (χ2n) is 5.40. The van der Waals surface area contributed by atoms with E-state index in [4.69, 9.17) is 15.9 Å². The van der Waals surface area contributed by atoms with Crippen molar-refractivity contribution >= 4 is 11.9 Å². The molecule has 2 rings (SSSR count). The molecular formula is C17H19NO5. The van der Waals surface area contributed by atoms with E-state index in [1.54, 1.807) is 24.3 Å². The fourth-order valence-corrected chi connectivity index (χ4v) is 2.41. The van der Waals surface area contributed by atoms with Crippen LogP contribution in [-0.2, 0) is 9.53 Å². The summed E-state index contributed by atoms with van der Waals surface area (Å²) < 4.78 is 10.4. The van der Waals surface area contributed by atoms with Gasteiger partial charge in [0.25, 0.3) is 5.91 Å². The largest absolute Gasteiger partial charge is 0.481 e. The van der Waals surface area contributed by atoms with Crippen molar-refractivity contribution in [2.45, 2.75) is 12.8 Å². The van der Waals surface area contributed by atoms with Crippen molar-refractivity contribution in [3.05, 3.63) is 29.8 Å². The summed E-state index contributed by atoms with van der Waals surface area (Å²) >= 11 is 0. The minimum atomic E-state index is -0.955. The zero-order valence-corrected chi connectivity index (χ0v) is 12.7. The molecule has 1 fully saturated rings. The highest BCUT2D eigenvalue weighted by Crippen LogP contribution is 2.30. The number of amides is 1. The standard InChI is InChI=1S/C17H19NO5/c1-2-9-23-14-5-3-13(4-6-14)15(19)18-12-17(16(20)21)7-10-22-11-8-17/h1,3-6H,7-12H2,(H,18,19)(H,20,21). The number of terminal acetylenes is 1. The number of rotatable bonds is 6. The number of ether oxygens (including phenoxy) is 2. The Morgan fingerprint density at radius 3 is 2.52 bits per heavy atom. The van der Waals surface area contributed by atoms with Crippen LogP contribution in [0.3, 0.4) is 0 Å². The number of carbonyl (C=O) groups excluding carboxylic acids is 1. The van der Waals surface area contributed by atoms with Crippen molar-refractivity contribution in [2.75, 3.05) is 26.4 Å². The number of carboxylic acid groups (broad SMARTS) is 1. The zero-order chi connectivity index (χ0) is 16.7. The van der Waals surface area contributed by atoms with Gasteiger partial charge >= 0.3 is 5.97 Å². The van der Waals surface area contributed by atoms with Crippen LogP contribution in [0.5, 0.6) is 5.75 Å². The zero-order valence-electron chi connectivity index (χ0n) is 12.7. The van der Waals surface area contributed by atoms with Crippen LogP contribution in [-0.4, -0.2) is 43.3 Å². The molecule has 1 aromatic rings. The van der Waals surface area contributed by atoms with Crippen LogP contribution in [0.25, 0.3) is 0 Å². The maximum atomic E-state index is 12.2. The summed E-state index contributed by atoms with van der Waals surface area (Å²) in [5.41, 5.74) is -0.519. The molecule has 122 valence electrons. The number of carbonyl (C=O) groups is 2. The first-order chi connectivity index (χ1) is 11.1. The number of benzene rings is 1. The Bertz CT molecular complexity index is 596. The number of nitrogens with one attached hydrogen (secondary N) is 1. The molecule has 1 amide bonds. The lowest BCUT2D eigenvalue weighted by molar-refractivity contribution is -0.154.